The van der Waals surface area contributed by atoms with Crippen molar-refractivity contribution in [1.82, 2.24) is 4.90 Å². The summed E-state index contributed by atoms with van der Waals surface area (Å²) >= 11 is 0. The Hall–Kier alpha value is -1.06. The van der Waals surface area contributed by atoms with Gasteiger partial charge < -0.3 is 9.84 Å². The second-order valence-corrected chi connectivity index (χ2v) is 5.13. The molecule has 2 atom stereocenters. The zero-order valence-electron chi connectivity index (χ0n) is 11.5. The molecule has 1 aliphatic heterocycles. The maximum atomic E-state index is 10.0. The lowest BCUT2D eigenvalue weighted by atomic mass is 10.0. The molecule has 2 unspecified atom stereocenters. The highest BCUT2D eigenvalue weighted by atomic mass is 16.5. The molecule has 1 aromatic rings. The third-order valence-electron chi connectivity index (χ3n) is 3.81. The van der Waals surface area contributed by atoms with Gasteiger partial charge in [0.1, 0.15) is 5.75 Å². The molecule has 3 heteroatoms. The third-order valence-corrected chi connectivity index (χ3v) is 3.81. The standard InChI is InChI=1S/C15H23NO2/c1-4-13-10-16(7-8-18-13)12(3)14-9-11(2)5-6-15(14)17/h5-6,9,12-13,17H,4,7-8,10H2,1-3H3. The fraction of sp³-hybridized carbons (Fsp3) is 0.600. The smallest absolute Gasteiger partial charge is 0.120 e. The topological polar surface area (TPSA) is 32.7 Å². The van der Waals surface area contributed by atoms with Gasteiger partial charge in [-0.25, -0.2) is 0 Å². The van der Waals surface area contributed by atoms with E-state index in [1.54, 1.807) is 6.07 Å². The van der Waals surface area contributed by atoms with Crippen LogP contribution in [-0.2, 0) is 4.74 Å². The average Bonchev–Trinajstić information content (AvgIpc) is 2.41. The Bertz CT molecular complexity index is 405. The molecule has 1 aliphatic rings. The molecule has 1 heterocycles. The van der Waals surface area contributed by atoms with Crippen molar-refractivity contribution >= 4 is 0 Å². The number of nitrogens with zero attached hydrogens (tertiary/aromatic N) is 1. The van der Waals surface area contributed by atoms with Crippen LogP contribution in [0.2, 0.25) is 0 Å². The number of hydrogen-bond donors (Lipinski definition) is 1. The largest absolute Gasteiger partial charge is 0.508 e. The molecule has 1 aromatic carbocycles. The number of phenols is 1. The van der Waals surface area contributed by atoms with Crippen LogP contribution in [0.25, 0.3) is 0 Å². The Kier molecular flexibility index (Phi) is 4.25. The zero-order chi connectivity index (χ0) is 13.1. The lowest BCUT2D eigenvalue weighted by Gasteiger charge is -2.37. The van der Waals surface area contributed by atoms with Gasteiger partial charge in [-0.2, -0.15) is 0 Å². The number of aryl methyl sites for hydroxylation is 1. The monoisotopic (exact) mass is 249 g/mol. The molecule has 0 saturated carbocycles. The minimum absolute atomic E-state index is 0.239. The minimum atomic E-state index is 0.239. The van der Waals surface area contributed by atoms with Gasteiger partial charge in [-0.3, -0.25) is 4.90 Å². The van der Waals surface area contributed by atoms with Gasteiger partial charge in [-0.15, -0.1) is 0 Å². The molecule has 0 aromatic heterocycles. The van der Waals surface area contributed by atoms with E-state index in [4.69, 9.17) is 4.74 Å². The van der Waals surface area contributed by atoms with Crippen molar-refractivity contribution < 1.29 is 9.84 Å². The van der Waals surface area contributed by atoms with E-state index < -0.39 is 0 Å². The van der Waals surface area contributed by atoms with Gasteiger partial charge in [0.25, 0.3) is 0 Å². The first kappa shape index (κ1) is 13.4. The molecule has 100 valence electrons. The molecule has 0 spiro atoms. The van der Waals surface area contributed by atoms with Crippen molar-refractivity contribution in [3.63, 3.8) is 0 Å². The molecule has 1 fully saturated rings. The van der Waals surface area contributed by atoms with Crippen LogP contribution in [0.15, 0.2) is 18.2 Å². The summed E-state index contributed by atoms with van der Waals surface area (Å²) in [6, 6.07) is 6.05. The summed E-state index contributed by atoms with van der Waals surface area (Å²) in [4.78, 5) is 2.40. The van der Waals surface area contributed by atoms with Gasteiger partial charge in [0.15, 0.2) is 0 Å². The first-order valence-electron chi connectivity index (χ1n) is 6.77. The summed E-state index contributed by atoms with van der Waals surface area (Å²) in [5, 5.41) is 10.0. The maximum absolute atomic E-state index is 10.0. The zero-order valence-corrected chi connectivity index (χ0v) is 11.5. The van der Waals surface area contributed by atoms with E-state index in [9.17, 15) is 5.11 Å². The normalized spacial score (nSPS) is 22.9. The number of aromatic hydroxyl groups is 1. The van der Waals surface area contributed by atoms with E-state index in [2.05, 4.69) is 31.7 Å². The van der Waals surface area contributed by atoms with Gasteiger partial charge >= 0.3 is 0 Å². The highest BCUT2D eigenvalue weighted by Crippen LogP contribution is 2.30. The van der Waals surface area contributed by atoms with E-state index in [1.165, 1.54) is 5.56 Å². The van der Waals surface area contributed by atoms with E-state index >= 15 is 0 Å². The fourth-order valence-electron chi connectivity index (χ4n) is 2.55. The van der Waals surface area contributed by atoms with Gasteiger partial charge in [0.2, 0.25) is 0 Å². The number of phenolic OH excluding ortho intramolecular Hbond substituents is 1. The first-order chi connectivity index (χ1) is 8.61. The molecule has 1 N–H and O–H groups in total. The summed E-state index contributed by atoms with van der Waals surface area (Å²) in [6.07, 6.45) is 1.37. The van der Waals surface area contributed by atoms with E-state index in [1.807, 2.05) is 6.07 Å². The van der Waals surface area contributed by atoms with Crippen LogP contribution in [-0.4, -0.2) is 35.8 Å². The number of ether oxygens (including phenoxy) is 1. The van der Waals surface area contributed by atoms with Crippen LogP contribution >= 0.6 is 0 Å². The van der Waals surface area contributed by atoms with Crippen LogP contribution in [0, 0.1) is 6.92 Å². The van der Waals surface area contributed by atoms with Crippen molar-refractivity contribution in [3.8, 4) is 5.75 Å². The molecule has 0 bridgehead atoms. The molecule has 0 aliphatic carbocycles. The summed E-state index contributed by atoms with van der Waals surface area (Å²) in [6.45, 7) is 9.05. The molecule has 1 saturated heterocycles. The van der Waals surface area contributed by atoms with Crippen molar-refractivity contribution in [2.45, 2.75) is 39.3 Å². The molecular weight excluding hydrogens is 226 g/mol. The fourth-order valence-corrected chi connectivity index (χ4v) is 2.55. The number of rotatable bonds is 3. The lowest BCUT2D eigenvalue weighted by Crippen LogP contribution is -2.43. The SMILES string of the molecule is CCC1CN(C(C)c2cc(C)ccc2O)CCO1. The van der Waals surface area contributed by atoms with Crippen LogP contribution in [0.1, 0.15) is 37.4 Å². The van der Waals surface area contributed by atoms with Gasteiger partial charge in [0, 0.05) is 24.7 Å². The summed E-state index contributed by atoms with van der Waals surface area (Å²) < 4.78 is 5.69. The number of hydrogen-bond acceptors (Lipinski definition) is 3. The van der Waals surface area contributed by atoms with Gasteiger partial charge in [-0.1, -0.05) is 24.6 Å². The Labute approximate surface area is 109 Å². The van der Waals surface area contributed by atoms with Crippen LogP contribution in [0.5, 0.6) is 5.75 Å². The van der Waals surface area contributed by atoms with Crippen molar-refractivity contribution in [2.75, 3.05) is 19.7 Å². The predicted octanol–water partition coefficient (Wildman–Crippen LogP) is 2.87. The van der Waals surface area contributed by atoms with Crippen LogP contribution < -0.4 is 0 Å². The Morgan fingerprint density at radius 1 is 1.50 bits per heavy atom. The number of benzene rings is 1. The van der Waals surface area contributed by atoms with Crippen molar-refractivity contribution in [3.05, 3.63) is 29.3 Å². The quantitative estimate of drug-likeness (QED) is 0.894. The molecular formula is C15H23NO2. The molecule has 3 nitrogen and oxygen atoms in total. The van der Waals surface area contributed by atoms with Crippen LogP contribution in [0.4, 0.5) is 0 Å². The van der Waals surface area contributed by atoms with Crippen LogP contribution in [0.3, 0.4) is 0 Å². The third kappa shape index (κ3) is 2.85. The predicted molar refractivity (Wildman–Crippen MR) is 72.9 cm³/mol. The summed E-state index contributed by atoms with van der Waals surface area (Å²) in [5.41, 5.74) is 2.21. The second-order valence-electron chi connectivity index (χ2n) is 5.13. The highest BCUT2D eigenvalue weighted by Gasteiger charge is 2.25. The van der Waals surface area contributed by atoms with E-state index in [0.717, 1.165) is 31.7 Å². The van der Waals surface area contributed by atoms with Gasteiger partial charge in [0.05, 0.1) is 12.7 Å². The van der Waals surface area contributed by atoms with Gasteiger partial charge in [-0.05, 0) is 26.3 Å². The minimum Gasteiger partial charge on any atom is -0.508 e. The summed E-state index contributed by atoms with van der Waals surface area (Å²) in [5.74, 6) is 0.396. The maximum Gasteiger partial charge on any atom is 0.120 e. The Morgan fingerprint density at radius 2 is 2.28 bits per heavy atom. The van der Waals surface area contributed by atoms with E-state index in [0.29, 0.717) is 11.9 Å². The molecule has 2 rings (SSSR count). The average molecular weight is 249 g/mol. The summed E-state index contributed by atoms with van der Waals surface area (Å²) in [7, 11) is 0. The second kappa shape index (κ2) is 5.72. The Balaban J connectivity index is 2.14. The highest BCUT2D eigenvalue weighted by molar-refractivity contribution is 5.37. The molecule has 0 amide bonds. The molecule has 18 heavy (non-hydrogen) atoms. The Morgan fingerprint density at radius 3 is 3.00 bits per heavy atom. The molecule has 0 radical (unpaired) electrons. The van der Waals surface area contributed by atoms with Crippen molar-refractivity contribution in [2.24, 2.45) is 0 Å². The van der Waals surface area contributed by atoms with Crippen molar-refractivity contribution in [1.29, 1.82) is 0 Å². The number of morpholine rings is 1. The lowest BCUT2D eigenvalue weighted by molar-refractivity contribution is -0.0427. The van der Waals surface area contributed by atoms with E-state index in [-0.39, 0.29) is 6.04 Å². The first-order valence-corrected chi connectivity index (χ1v) is 6.77.